The molecule has 0 aromatic heterocycles. The summed E-state index contributed by atoms with van der Waals surface area (Å²) < 4.78 is 1.29. The van der Waals surface area contributed by atoms with Gasteiger partial charge in [-0.1, -0.05) is 41.4 Å². The summed E-state index contributed by atoms with van der Waals surface area (Å²) in [6.45, 7) is 0. The SMILES string of the molecule is BrC#CCCCCCCI.[H-].[H-].[Mg+2]. The summed E-state index contributed by atoms with van der Waals surface area (Å²) in [4.78, 5) is 2.72. The Morgan fingerprint density at radius 3 is 2.36 bits per heavy atom. The van der Waals surface area contributed by atoms with E-state index in [1.807, 2.05) is 0 Å². The minimum Gasteiger partial charge on any atom is -1.00 e. The molecule has 0 unspecified atom stereocenters. The molecule has 0 nitrogen and oxygen atoms in total. The van der Waals surface area contributed by atoms with E-state index in [0.717, 1.165) is 6.42 Å². The molecule has 0 heterocycles. The Bertz CT molecular complexity index is 125. The van der Waals surface area contributed by atoms with Crippen molar-refractivity contribution in [2.75, 3.05) is 4.43 Å². The molecule has 0 bridgehead atoms. The molecule has 0 saturated heterocycles. The van der Waals surface area contributed by atoms with Crippen molar-refractivity contribution in [3.05, 3.63) is 0 Å². The molecule has 0 aliphatic rings. The second kappa shape index (κ2) is 14.1. The summed E-state index contributed by atoms with van der Waals surface area (Å²) >= 11 is 5.49. The van der Waals surface area contributed by atoms with E-state index in [1.54, 1.807) is 0 Å². The number of halogens is 2. The molecule has 0 aromatic carbocycles. The second-order valence-corrected chi connectivity index (χ2v) is 3.60. The number of alkyl halides is 1. The summed E-state index contributed by atoms with van der Waals surface area (Å²) in [6.07, 6.45) is 6.38. The fourth-order valence-corrected chi connectivity index (χ4v) is 1.45. The van der Waals surface area contributed by atoms with Crippen molar-refractivity contribution in [2.24, 2.45) is 0 Å². The summed E-state index contributed by atoms with van der Waals surface area (Å²) in [6, 6.07) is 0. The van der Waals surface area contributed by atoms with Crippen LogP contribution in [0.25, 0.3) is 0 Å². The van der Waals surface area contributed by atoms with E-state index in [1.165, 1.54) is 30.1 Å². The molecular weight excluding hydrogens is 327 g/mol. The Morgan fingerprint density at radius 2 is 1.82 bits per heavy atom. The first-order valence-corrected chi connectivity index (χ1v) is 5.88. The van der Waals surface area contributed by atoms with E-state index in [-0.39, 0.29) is 25.9 Å². The molecular formula is C8H14BrIMg. The van der Waals surface area contributed by atoms with Crippen LogP contribution < -0.4 is 0 Å². The van der Waals surface area contributed by atoms with Gasteiger partial charge in [0.25, 0.3) is 0 Å². The van der Waals surface area contributed by atoms with Crippen LogP contribution in [0.4, 0.5) is 0 Å². The molecule has 0 amide bonds. The van der Waals surface area contributed by atoms with Gasteiger partial charge >= 0.3 is 23.1 Å². The first-order valence-electron chi connectivity index (χ1n) is 3.56. The van der Waals surface area contributed by atoms with Crippen molar-refractivity contribution in [3.63, 3.8) is 0 Å². The third kappa shape index (κ3) is 14.4. The maximum Gasteiger partial charge on any atom is 2.00 e. The molecule has 0 rings (SSSR count). The minimum absolute atomic E-state index is 0. The van der Waals surface area contributed by atoms with E-state index in [2.05, 4.69) is 49.3 Å². The average Bonchev–Trinajstić information content (AvgIpc) is 1.97. The average molecular weight is 341 g/mol. The van der Waals surface area contributed by atoms with E-state index >= 15 is 0 Å². The van der Waals surface area contributed by atoms with Gasteiger partial charge in [-0.15, -0.1) is 0 Å². The van der Waals surface area contributed by atoms with E-state index in [4.69, 9.17) is 0 Å². The molecule has 11 heavy (non-hydrogen) atoms. The molecule has 0 fully saturated rings. The monoisotopic (exact) mass is 340 g/mol. The van der Waals surface area contributed by atoms with Gasteiger partial charge in [0.15, 0.2) is 0 Å². The molecule has 62 valence electrons. The van der Waals surface area contributed by atoms with Crippen molar-refractivity contribution in [1.82, 2.24) is 0 Å². The normalized spacial score (nSPS) is 7.82. The largest absolute Gasteiger partial charge is 2.00 e. The van der Waals surface area contributed by atoms with Crippen LogP contribution in [0.15, 0.2) is 0 Å². The predicted molar refractivity (Wildman–Crippen MR) is 66.7 cm³/mol. The van der Waals surface area contributed by atoms with Crippen LogP contribution >= 0.6 is 38.5 Å². The molecule has 3 heteroatoms. The van der Waals surface area contributed by atoms with Gasteiger partial charge in [-0.25, -0.2) is 0 Å². The summed E-state index contributed by atoms with van der Waals surface area (Å²) in [7, 11) is 0. The maximum absolute atomic E-state index is 3.07. The topological polar surface area (TPSA) is 0 Å². The van der Waals surface area contributed by atoms with Crippen LogP contribution in [-0.4, -0.2) is 27.5 Å². The van der Waals surface area contributed by atoms with Crippen molar-refractivity contribution in [2.45, 2.75) is 32.1 Å². The first kappa shape index (κ1) is 15.0. The van der Waals surface area contributed by atoms with Crippen LogP contribution in [0.2, 0.25) is 0 Å². The Balaban J connectivity index is -0.000000135. The number of hydrogen-bond donors (Lipinski definition) is 0. The third-order valence-electron chi connectivity index (χ3n) is 1.25. The molecule has 0 atom stereocenters. The Morgan fingerprint density at radius 1 is 1.18 bits per heavy atom. The number of unbranched alkanes of at least 4 members (excludes halogenated alkanes) is 4. The second-order valence-electron chi connectivity index (χ2n) is 2.12. The minimum atomic E-state index is 0. The maximum atomic E-state index is 3.07. The van der Waals surface area contributed by atoms with Crippen molar-refractivity contribution in [1.29, 1.82) is 0 Å². The molecule has 0 saturated carbocycles. The van der Waals surface area contributed by atoms with Gasteiger partial charge in [0.1, 0.15) is 0 Å². The van der Waals surface area contributed by atoms with E-state index < -0.39 is 0 Å². The standard InChI is InChI=1S/C8H12BrI.Mg.2H/c9-7-5-3-1-2-4-6-8-10;;;/h1-4,6,8H2;;;/q;+2;2*-1. The quantitative estimate of drug-likeness (QED) is 0.236. The molecule has 0 radical (unpaired) electrons. The fourth-order valence-electron chi connectivity index (χ4n) is 0.709. The smallest absolute Gasteiger partial charge is 1.00 e. The van der Waals surface area contributed by atoms with Gasteiger partial charge in [0.2, 0.25) is 0 Å². The van der Waals surface area contributed by atoms with Gasteiger partial charge in [0.05, 0.1) is 0 Å². The zero-order chi connectivity index (χ0) is 7.66. The van der Waals surface area contributed by atoms with Gasteiger partial charge < -0.3 is 2.85 Å². The first-order chi connectivity index (χ1) is 4.91. The van der Waals surface area contributed by atoms with Crippen LogP contribution in [0.5, 0.6) is 0 Å². The van der Waals surface area contributed by atoms with Gasteiger partial charge in [-0.05, 0) is 22.1 Å². The molecule has 0 aromatic rings. The number of rotatable bonds is 5. The summed E-state index contributed by atoms with van der Waals surface area (Å²) in [5.41, 5.74) is 0. The van der Waals surface area contributed by atoms with Gasteiger partial charge in [0, 0.05) is 22.4 Å². The van der Waals surface area contributed by atoms with Crippen molar-refractivity contribution in [3.8, 4) is 10.8 Å². The fraction of sp³-hybridized carbons (Fsp3) is 0.750. The van der Waals surface area contributed by atoms with Gasteiger partial charge in [-0.3, -0.25) is 0 Å². The predicted octanol–water partition coefficient (Wildman–Crippen LogP) is 3.57. The van der Waals surface area contributed by atoms with Crippen molar-refractivity contribution < 1.29 is 2.85 Å². The zero-order valence-corrected chi connectivity index (χ0v) is 11.9. The molecule has 0 N–H and O–H groups in total. The Labute approximate surface area is 111 Å². The molecule has 0 aliphatic carbocycles. The Kier molecular flexibility index (Phi) is 19.2. The summed E-state index contributed by atoms with van der Waals surface area (Å²) in [5.74, 6) is 2.99. The van der Waals surface area contributed by atoms with Crippen LogP contribution in [-0.2, 0) is 0 Å². The molecule has 0 aliphatic heterocycles. The molecule has 0 spiro atoms. The van der Waals surface area contributed by atoms with Crippen LogP contribution in [0.3, 0.4) is 0 Å². The zero-order valence-electron chi connectivity index (χ0n) is 8.71. The Hall–Kier alpha value is 1.54. The van der Waals surface area contributed by atoms with Crippen LogP contribution in [0.1, 0.15) is 35.0 Å². The van der Waals surface area contributed by atoms with E-state index in [9.17, 15) is 0 Å². The van der Waals surface area contributed by atoms with Crippen LogP contribution in [0, 0.1) is 10.8 Å². The van der Waals surface area contributed by atoms with E-state index in [0.29, 0.717) is 0 Å². The third-order valence-corrected chi connectivity index (χ3v) is 2.30. The number of hydrogen-bond acceptors (Lipinski definition) is 0. The van der Waals surface area contributed by atoms with Crippen molar-refractivity contribution >= 4 is 61.6 Å². The summed E-state index contributed by atoms with van der Waals surface area (Å²) in [5, 5.41) is 0. The van der Waals surface area contributed by atoms with Gasteiger partial charge in [-0.2, -0.15) is 0 Å².